The number of aryl methyl sites for hydroxylation is 2. The van der Waals surface area contributed by atoms with Gasteiger partial charge in [0, 0.05) is 57.2 Å². The molecule has 3 aliphatic heterocycles. The second-order valence-corrected chi connectivity index (χ2v) is 17.0. The number of imide groups is 2. The lowest BCUT2D eigenvalue weighted by Crippen LogP contribution is -2.57. The third-order valence-electron chi connectivity index (χ3n) is 11.4. The van der Waals surface area contributed by atoms with Gasteiger partial charge in [0.25, 0.3) is 11.8 Å². The van der Waals surface area contributed by atoms with Crippen molar-refractivity contribution in [3.8, 4) is 5.00 Å². The highest BCUT2D eigenvalue weighted by Gasteiger charge is 2.43. The molecule has 15 heteroatoms. The van der Waals surface area contributed by atoms with Crippen LogP contribution in [0.3, 0.4) is 0 Å². The summed E-state index contributed by atoms with van der Waals surface area (Å²) in [6.45, 7) is 7.32. The molecule has 0 bridgehead atoms. The molecule has 3 aliphatic rings. The minimum Gasteiger partial charge on any atom is -0.384 e. The van der Waals surface area contributed by atoms with Gasteiger partial charge in [0.1, 0.15) is 22.9 Å². The van der Waals surface area contributed by atoms with E-state index >= 15 is 0 Å². The summed E-state index contributed by atoms with van der Waals surface area (Å²) < 4.78 is 2.05. The number of nitrogens with zero attached hydrogens (tertiary/aromatic N) is 5. The van der Waals surface area contributed by atoms with Gasteiger partial charge >= 0.3 is 0 Å². The molecule has 2 aromatic heterocycles. The molecular weight excluding hydrogens is 788 g/mol. The summed E-state index contributed by atoms with van der Waals surface area (Å²) in [5.41, 5.74) is 5.27. The molecular formula is C44H45ClN8O5S. The summed E-state index contributed by atoms with van der Waals surface area (Å²) in [5, 5.41) is 20.7. The average molecular weight is 833 g/mol. The van der Waals surface area contributed by atoms with Crippen LogP contribution in [-0.2, 0) is 14.4 Å². The molecule has 5 aromatic rings. The molecule has 59 heavy (non-hydrogen) atoms. The van der Waals surface area contributed by atoms with E-state index in [0.29, 0.717) is 46.1 Å². The highest BCUT2D eigenvalue weighted by atomic mass is 35.5. The van der Waals surface area contributed by atoms with Crippen molar-refractivity contribution in [2.45, 2.75) is 90.6 Å². The van der Waals surface area contributed by atoms with E-state index in [4.69, 9.17) is 16.6 Å². The van der Waals surface area contributed by atoms with Crippen molar-refractivity contribution in [3.05, 3.63) is 104 Å². The third kappa shape index (κ3) is 7.78. The molecule has 2 atom stereocenters. The number of benzene rings is 3. The lowest BCUT2D eigenvalue weighted by atomic mass is 9.90. The van der Waals surface area contributed by atoms with Crippen molar-refractivity contribution in [1.29, 1.82) is 0 Å². The highest BCUT2D eigenvalue weighted by molar-refractivity contribution is 7.15. The Morgan fingerprint density at radius 3 is 2.39 bits per heavy atom. The van der Waals surface area contributed by atoms with Crippen LogP contribution in [0.15, 0.2) is 59.6 Å². The van der Waals surface area contributed by atoms with Crippen LogP contribution in [0.1, 0.15) is 118 Å². The maximum Gasteiger partial charge on any atom is 0.264 e. The number of unbranched alkanes of at least 4 members (excludes halogenated alkanes) is 5. The summed E-state index contributed by atoms with van der Waals surface area (Å²) in [6.07, 6.45) is 6.00. The molecule has 5 heterocycles. The van der Waals surface area contributed by atoms with Crippen LogP contribution in [0, 0.1) is 20.8 Å². The fourth-order valence-electron chi connectivity index (χ4n) is 8.27. The summed E-state index contributed by atoms with van der Waals surface area (Å²) in [7, 11) is 0. The summed E-state index contributed by atoms with van der Waals surface area (Å²) in [6, 6.07) is 15.1. The highest BCUT2D eigenvalue weighted by Crippen LogP contribution is 2.40. The lowest BCUT2D eigenvalue weighted by molar-refractivity contribution is -0.136. The Bertz CT molecular complexity index is 2540. The zero-order valence-corrected chi connectivity index (χ0v) is 34.8. The Hall–Kier alpha value is -5.73. The van der Waals surface area contributed by atoms with Crippen LogP contribution in [0.25, 0.3) is 15.8 Å². The van der Waals surface area contributed by atoms with Crippen LogP contribution in [0.4, 0.5) is 5.69 Å². The van der Waals surface area contributed by atoms with Crippen LogP contribution in [0.2, 0.25) is 5.02 Å². The van der Waals surface area contributed by atoms with E-state index in [1.807, 2.05) is 54.0 Å². The number of halogens is 1. The molecule has 0 spiro atoms. The Balaban J connectivity index is 0.821. The summed E-state index contributed by atoms with van der Waals surface area (Å²) in [4.78, 5) is 72.7. The number of hydrogen-bond donors (Lipinski definition) is 3. The van der Waals surface area contributed by atoms with Crippen LogP contribution < -0.4 is 16.0 Å². The molecule has 1 unspecified atom stereocenters. The number of carbonyl (C=O) groups is 5. The van der Waals surface area contributed by atoms with Gasteiger partial charge in [-0.3, -0.25) is 43.7 Å². The van der Waals surface area contributed by atoms with Crippen molar-refractivity contribution in [2.75, 3.05) is 18.4 Å². The second-order valence-electron chi connectivity index (χ2n) is 15.3. The van der Waals surface area contributed by atoms with Crippen LogP contribution in [0.5, 0.6) is 0 Å². The normalized spacial score (nSPS) is 17.4. The lowest BCUT2D eigenvalue weighted by Gasteiger charge is -2.35. The predicted molar refractivity (Wildman–Crippen MR) is 228 cm³/mol. The number of fused-ring (bicyclic) bond motifs is 3. The average Bonchev–Trinajstić information content (AvgIpc) is 3.70. The number of piperidine rings is 1. The van der Waals surface area contributed by atoms with Gasteiger partial charge in [-0.05, 0) is 75.2 Å². The number of rotatable bonds is 14. The first kappa shape index (κ1) is 40.1. The van der Waals surface area contributed by atoms with E-state index in [-0.39, 0.29) is 25.2 Å². The van der Waals surface area contributed by atoms with E-state index in [0.717, 1.165) is 82.0 Å². The summed E-state index contributed by atoms with van der Waals surface area (Å²) in [5.74, 6) is -0.795. The number of anilines is 1. The van der Waals surface area contributed by atoms with Gasteiger partial charge in [-0.15, -0.1) is 21.5 Å². The molecule has 3 N–H and O–H groups in total. The Morgan fingerprint density at radius 1 is 0.881 bits per heavy atom. The molecule has 1 fully saturated rings. The second kappa shape index (κ2) is 16.9. The van der Waals surface area contributed by atoms with Crippen molar-refractivity contribution >= 4 is 74.6 Å². The molecule has 0 aliphatic carbocycles. The number of carbonyl (C=O) groups excluding carboxylic acids is 5. The molecule has 13 nitrogen and oxygen atoms in total. The fraction of sp³-hybridized carbons (Fsp3) is 0.364. The Labute approximate surface area is 350 Å². The zero-order chi connectivity index (χ0) is 41.4. The molecule has 1 saturated heterocycles. The number of aliphatic imine (C=N–C) groups is 1. The van der Waals surface area contributed by atoms with Gasteiger partial charge in [0.05, 0.1) is 17.7 Å². The molecule has 304 valence electrons. The zero-order valence-electron chi connectivity index (χ0n) is 33.2. The SMILES string of the molecule is Cc1sc2c(c1C)C(c1ccc(Cl)cc1)=N[C@@H](CC(=O)NCCCCCCCCNc1ccc3cccc4c3c1C(=O)N(C1CCC(=O)NC1=O)C4=O)c1nnc(C)n1-2. The maximum atomic E-state index is 13.9. The van der Waals surface area contributed by atoms with Gasteiger partial charge in [0.2, 0.25) is 17.7 Å². The molecule has 0 radical (unpaired) electrons. The van der Waals surface area contributed by atoms with Gasteiger partial charge < -0.3 is 10.6 Å². The first-order valence-electron chi connectivity index (χ1n) is 20.2. The van der Waals surface area contributed by atoms with Gasteiger partial charge in [0.15, 0.2) is 5.82 Å². The smallest absolute Gasteiger partial charge is 0.264 e. The Kier molecular flexibility index (Phi) is 11.5. The number of aromatic nitrogens is 3. The van der Waals surface area contributed by atoms with E-state index in [1.54, 1.807) is 23.5 Å². The number of thiophene rings is 1. The molecule has 3 aromatic carbocycles. The number of hydrogen-bond acceptors (Lipinski definition) is 10. The first-order valence-corrected chi connectivity index (χ1v) is 21.4. The van der Waals surface area contributed by atoms with Crippen molar-refractivity contribution < 1.29 is 24.0 Å². The van der Waals surface area contributed by atoms with E-state index < -0.39 is 35.7 Å². The van der Waals surface area contributed by atoms with E-state index in [1.165, 1.54) is 4.88 Å². The molecule has 8 rings (SSSR count). The van der Waals surface area contributed by atoms with Crippen molar-refractivity contribution in [1.82, 2.24) is 30.3 Å². The van der Waals surface area contributed by atoms with E-state index in [2.05, 4.69) is 40.0 Å². The largest absolute Gasteiger partial charge is 0.384 e. The number of nitrogens with one attached hydrogen (secondary N) is 3. The van der Waals surface area contributed by atoms with Gasteiger partial charge in [-0.25, -0.2) is 0 Å². The van der Waals surface area contributed by atoms with Crippen molar-refractivity contribution in [2.24, 2.45) is 4.99 Å². The summed E-state index contributed by atoms with van der Waals surface area (Å²) >= 11 is 7.92. The standard InChI is InChI=1S/C44H45ClN8O5S/c1-24-25(2)59-44-36(24)39(28-13-16-29(45)17-14-28)48-32(40-51-50-26(3)52(40)44)23-35(55)47-22-9-7-5-4-6-8-21-46-31-18-15-27-11-10-12-30-37(27)38(31)43(58)53(42(30)57)33-19-20-34(54)49-41(33)56/h10-18,32-33,46H,4-9,19-23H2,1-3H3,(H,47,55)(H,49,54,56)/t32-,33?/m0/s1. The van der Waals surface area contributed by atoms with Crippen molar-refractivity contribution in [3.63, 3.8) is 0 Å². The van der Waals surface area contributed by atoms with Crippen LogP contribution >= 0.6 is 22.9 Å². The Morgan fingerprint density at radius 2 is 1.63 bits per heavy atom. The van der Waals surface area contributed by atoms with Crippen LogP contribution in [-0.4, -0.2) is 74.0 Å². The number of amides is 5. The predicted octanol–water partition coefficient (Wildman–Crippen LogP) is 7.31. The topological polar surface area (TPSA) is 168 Å². The monoisotopic (exact) mass is 832 g/mol. The maximum absolute atomic E-state index is 13.9. The quantitative estimate of drug-likeness (QED) is 0.0774. The van der Waals surface area contributed by atoms with E-state index in [9.17, 15) is 24.0 Å². The van der Waals surface area contributed by atoms with Gasteiger partial charge in [-0.2, -0.15) is 0 Å². The molecule has 5 amide bonds. The first-order chi connectivity index (χ1) is 28.5. The third-order valence-corrected chi connectivity index (χ3v) is 12.9. The minimum absolute atomic E-state index is 0.0598. The minimum atomic E-state index is -1.04. The molecule has 0 saturated carbocycles. The van der Waals surface area contributed by atoms with Gasteiger partial charge in [-0.1, -0.05) is 67.6 Å². The fourth-order valence-corrected chi connectivity index (χ4v) is 9.61.